The van der Waals surface area contributed by atoms with Gasteiger partial charge in [0.15, 0.2) is 5.16 Å². The molecule has 0 fully saturated rings. The van der Waals surface area contributed by atoms with Gasteiger partial charge in [-0.05, 0) is 30.3 Å². The molecule has 2 amide bonds. The van der Waals surface area contributed by atoms with Crippen molar-refractivity contribution < 1.29 is 24.2 Å². The van der Waals surface area contributed by atoms with Crippen molar-refractivity contribution in [3.05, 3.63) is 72.6 Å². The van der Waals surface area contributed by atoms with Crippen LogP contribution >= 0.6 is 11.8 Å². The van der Waals surface area contributed by atoms with Gasteiger partial charge in [-0.2, -0.15) is 0 Å². The number of amides is 2. The molecule has 0 aliphatic heterocycles. The zero-order valence-corrected chi connectivity index (χ0v) is 19.2. The van der Waals surface area contributed by atoms with E-state index < -0.39 is 5.97 Å². The Morgan fingerprint density at radius 1 is 1.09 bits per heavy atom. The van der Waals surface area contributed by atoms with Crippen LogP contribution < -0.4 is 15.4 Å². The van der Waals surface area contributed by atoms with E-state index in [2.05, 4.69) is 27.4 Å². The molecular formula is C23H23N5O5S. The number of nitrogens with one attached hydrogen (secondary N) is 2. The van der Waals surface area contributed by atoms with Crippen molar-refractivity contribution in [3.63, 3.8) is 0 Å². The van der Waals surface area contributed by atoms with Crippen molar-refractivity contribution in [2.24, 2.45) is 0 Å². The number of benzene rings is 2. The number of carbonyl (C=O) groups excluding carboxylic acids is 2. The summed E-state index contributed by atoms with van der Waals surface area (Å²) in [5.41, 5.74) is 1.05. The number of hydrogen-bond donors (Lipinski definition) is 3. The van der Waals surface area contributed by atoms with Crippen molar-refractivity contribution in [2.75, 3.05) is 23.5 Å². The number of ether oxygens (including phenoxy) is 1. The highest BCUT2D eigenvalue weighted by atomic mass is 32.2. The number of anilines is 2. The number of aromatic carboxylic acids is 1. The molecular weight excluding hydrogens is 458 g/mol. The molecule has 0 aliphatic rings. The normalized spacial score (nSPS) is 10.4. The van der Waals surface area contributed by atoms with Crippen LogP contribution in [-0.4, -0.2) is 50.5 Å². The molecule has 2 aromatic carbocycles. The first-order valence-corrected chi connectivity index (χ1v) is 11.1. The highest BCUT2D eigenvalue weighted by Gasteiger charge is 2.17. The number of nitrogens with zero attached hydrogens (tertiary/aromatic N) is 3. The third kappa shape index (κ3) is 6.69. The molecule has 0 atom stereocenters. The zero-order valence-electron chi connectivity index (χ0n) is 18.4. The van der Waals surface area contributed by atoms with Crippen LogP contribution in [0.25, 0.3) is 0 Å². The van der Waals surface area contributed by atoms with Gasteiger partial charge in [-0.25, -0.2) is 4.79 Å². The van der Waals surface area contributed by atoms with E-state index in [4.69, 9.17) is 9.84 Å². The fourth-order valence-electron chi connectivity index (χ4n) is 2.98. The molecule has 34 heavy (non-hydrogen) atoms. The first kappa shape index (κ1) is 24.5. The van der Waals surface area contributed by atoms with Crippen LogP contribution in [0.1, 0.15) is 16.2 Å². The van der Waals surface area contributed by atoms with Gasteiger partial charge in [-0.15, -0.1) is 16.8 Å². The Hall–Kier alpha value is -4.12. The van der Waals surface area contributed by atoms with Crippen LogP contribution in [0.4, 0.5) is 11.4 Å². The van der Waals surface area contributed by atoms with Crippen LogP contribution in [-0.2, 0) is 22.6 Å². The molecule has 0 unspecified atom stereocenters. The lowest BCUT2D eigenvalue weighted by molar-refractivity contribution is -0.116. The second kappa shape index (κ2) is 11.7. The molecule has 0 saturated carbocycles. The van der Waals surface area contributed by atoms with E-state index in [-0.39, 0.29) is 29.6 Å². The third-order valence-electron chi connectivity index (χ3n) is 4.50. The summed E-state index contributed by atoms with van der Waals surface area (Å²) < 4.78 is 6.87. The Balaban J connectivity index is 1.62. The van der Waals surface area contributed by atoms with Crippen LogP contribution in [0.15, 0.2) is 66.3 Å². The molecule has 0 aliphatic carbocycles. The van der Waals surface area contributed by atoms with Crippen LogP contribution in [0, 0.1) is 0 Å². The summed E-state index contributed by atoms with van der Waals surface area (Å²) in [6.07, 6.45) is 1.63. The Bertz CT molecular complexity index is 1210. The SMILES string of the molecule is C=CCn1c(CC(=O)Nc2cccc(OC)c2)nnc1SCC(=O)Nc1cccc(C(=O)O)c1. The maximum atomic E-state index is 12.5. The molecule has 1 heterocycles. The standard InChI is InChI=1S/C23H23N5O5S/c1-3-10-28-19(13-20(29)24-17-8-5-9-18(12-17)33-2)26-27-23(28)34-14-21(30)25-16-7-4-6-15(11-16)22(31)32/h3-9,11-12H,1,10,13-14H2,2H3,(H,24,29)(H,25,30)(H,31,32). The van der Waals surface area contributed by atoms with Gasteiger partial charge in [0, 0.05) is 24.0 Å². The molecule has 0 spiro atoms. The minimum Gasteiger partial charge on any atom is -0.497 e. The summed E-state index contributed by atoms with van der Waals surface area (Å²) in [5.74, 6) is -0.623. The number of rotatable bonds is 11. The maximum absolute atomic E-state index is 12.5. The lowest BCUT2D eigenvalue weighted by Crippen LogP contribution is -2.18. The van der Waals surface area contributed by atoms with Crippen LogP contribution in [0.2, 0.25) is 0 Å². The number of carboxylic acid groups (broad SMARTS) is 1. The molecule has 10 nitrogen and oxygen atoms in total. The lowest BCUT2D eigenvalue weighted by Gasteiger charge is -2.09. The largest absolute Gasteiger partial charge is 0.497 e. The summed E-state index contributed by atoms with van der Waals surface area (Å²) in [6.45, 7) is 4.09. The second-order valence-electron chi connectivity index (χ2n) is 6.98. The minimum atomic E-state index is -1.08. The molecule has 3 rings (SSSR count). The van der Waals surface area contributed by atoms with Crippen molar-refractivity contribution in [2.45, 2.75) is 18.1 Å². The number of hydrogen-bond acceptors (Lipinski definition) is 7. The predicted molar refractivity (Wildman–Crippen MR) is 128 cm³/mol. The average molecular weight is 482 g/mol. The summed E-state index contributed by atoms with van der Waals surface area (Å²) in [5, 5.41) is 23.2. The van der Waals surface area contributed by atoms with Crippen LogP contribution in [0.3, 0.4) is 0 Å². The van der Waals surface area contributed by atoms with Crippen LogP contribution in [0.5, 0.6) is 5.75 Å². The summed E-state index contributed by atoms with van der Waals surface area (Å²) in [7, 11) is 1.55. The van der Waals surface area contributed by atoms with E-state index in [1.807, 2.05) is 0 Å². The van der Waals surface area contributed by atoms with E-state index in [0.717, 1.165) is 11.8 Å². The highest BCUT2D eigenvalue weighted by Crippen LogP contribution is 2.20. The first-order chi connectivity index (χ1) is 16.4. The van der Waals surface area contributed by atoms with Crippen molar-refractivity contribution >= 4 is 40.9 Å². The first-order valence-electron chi connectivity index (χ1n) is 10.1. The van der Waals surface area contributed by atoms with Gasteiger partial charge in [0.1, 0.15) is 11.6 Å². The van der Waals surface area contributed by atoms with E-state index in [0.29, 0.717) is 34.6 Å². The van der Waals surface area contributed by atoms with E-state index in [1.54, 1.807) is 54.2 Å². The maximum Gasteiger partial charge on any atom is 0.335 e. The number of aromatic nitrogens is 3. The molecule has 0 radical (unpaired) electrons. The van der Waals surface area contributed by atoms with E-state index in [1.165, 1.54) is 12.1 Å². The fourth-order valence-corrected chi connectivity index (χ4v) is 3.74. The van der Waals surface area contributed by atoms with Gasteiger partial charge in [0.2, 0.25) is 11.8 Å². The highest BCUT2D eigenvalue weighted by molar-refractivity contribution is 7.99. The van der Waals surface area contributed by atoms with Crippen molar-refractivity contribution in [1.82, 2.24) is 14.8 Å². The van der Waals surface area contributed by atoms with E-state index in [9.17, 15) is 14.4 Å². The average Bonchev–Trinajstić information content (AvgIpc) is 3.19. The third-order valence-corrected chi connectivity index (χ3v) is 5.47. The Morgan fingerprint density at radius 3 is 2.50 bits per heavy atom. The van der Waals surface area contributed by atoms with Crippen molar-refractivity contribution in [3.8, 4) is 5.75 Å². The molecule has 0 saturated heterocycles. The van der Waals surface area contributed by atoms with Gasteiger partial charge in [0.25, 0.3) is 0 Å². The number of methoxy groups -OCH3 is 1. The Kier molecular flexibility index (Phi) is 8.41. The van der Waals surface area contributed by atoms with Crippen molar-refractivity contribution in [1.29, 1.82) is 0 Å². The predicted octanol–water partition coefficient (Wildman–Crippen LogP) is 3.08. The number of thioether (sulfide) groups is 1. The van der Waals surface area contributed by atoms with Gasteiger partial charge >= 0.3 is 5.97 Å². The molecule has 176 valence electrons. The summed E-state index contributed by atoms with van der Waals surface area (Å²) in [6, 6.07) is 13.0. The van der Waals surface area contributed by atoms with E-state index >= 15 is 0 Å². The number of carboxylic acids is 1. The zero-order chi connectivity index (χ0) is 24.5. The quantitative estimate of drug-likeness (QED) is 0.281. The monoisotopic (exact) mass is 481 g/mol. The van der Waals surface area contributed by atoms with Gasteiger partial charge < -0.3 is 25.0 Å². The lowest BCUT2D eigenvalue weighted by atomic mass is 10.2. The fraction of sp³-hybridized carbons (Fsp3) is 0.174. The number of allylic oxidation sites excluding steroid dienone is 1. The molecule has 3 N–H and O–H groups in total. The topological polar surface area (TPSA) is 135 Å². The second-order valence-corrected chi connectivity index (χ2v) is 7.92. The van der Waals surface area contributed by atoms with Gasteiger partial charge in [-0.3, -0.25) is 9.59 Å². The molecule has 3 aromatic rings. The number of carbonyl (C=O) groups is 3. The summed E-state index contributed by atoms with van der Waals surface area (Å²) >= 11 is 1.15. The van der Waals surface area contributed by atoms with Gasteiger partial charge in [0.05, 0.1) is 24.8 Å². The minimum absolute atomic E-state index is 0.0165. The van der Waals surface area contributed by atoms with Gasteiger partial charge in [-0.1, -0.05) is 30.0 Å². The molecule has 1 aromatic heterocycles. The smallest absolute Gasteiger partial charge is 0.335 e. The Morgan fingerprint density at radius 2 is 1.79 bits per heavy atom. The Labute approximate surface area is 200 Å². The molecule has 0 bridgehead atoms. The summed E-state index contributed by atoms with van der Waals surface area (Å²) in [4.78, 5) is 35.9. The molecule has 11 heteroatoms.